The summed E-state index contributed by atoms with van der Waals surface area (Å²) in [5.74, 6) is 0.00996. The number of methoxy groups -OCH3 is 1. The van der Waals surface area contributed by atoms with Gasteiger partial charge in [0.1, 0.15) is 6.04 Å². The van der Waals surface area contributed by atoms with Gasteiger partial charge in [0.15, 0.2) is 0 Å². The molecule has 98 valence electrons. The van der Waals surface area contributed by atoms with Gasteiger partial charge in [-0.2, -0.15) is 0 Å². The molecule has 0 aromatic heterocycles. The quantitative estimate of drug-likeness (QED) is 0.878. The highest BCUT2D eigenvalue weighted by molar-refractivity contribution is 5.83. The monoisotopic (exact) mass is 248 g/mol. The van der Waals surface area contributed by atoms with E-state index in [1.54, 1.807) is 7.11 Å². The molecule has 1 unspecified atom stereocenters. The molecule has 0 bridgehead atoms. The fourth-order valence-electron chi connectivity index (χ4n) is 2.31. The molecule has 1 fully saturated rings. The second-order valence-corrected chi connectivity index (χ2v) is 4.65. The largest absolute Gasteiger partial charge is 0.381 e. The van der Waals surface area contributed by atoms with E-state index in [4.69, 9.17) is 10.5 Å². The number of likely N-dealkylation sites (tertiary alicyclic amines) is 1. The number of carbonyl (C=O) groups excluding carboxylic acids is 1. The van der Waals surface area contributed by atoms with Crippen molar-refractivity contribution in [2.24, 2.45) is 5.73 Å². The van der Waals surface area contributed by atoms with Crippen molar-refractivity contribution in [1.82, 2.24) is 4.90 Å². The van der Waals surface area contributed by atoms with Crippen LogP contribution in [-0.2, 0) is 9.53 Å². The summed E-state index contributed by atoms with van der Waals surface area (Å²) < 4.78 is 5.30. The summed E-state index contributed by atoms with van der Waals surface area (Å²) in [6.07, 6.45) is 2.06. The lowest BCUT2D eigenvalue weighted by atomic mass is 10.0. The Kier molecular flexibility index (Phi) is 4.33. The van der Waals surface area contributed by atoms with E-state index in [2.05, 4.69) is 0 Å². The highest BCUT2D eigenvalue weighted by Gasteiger charge is 2.26. The highest BCUT2D eigenvalue weighted by Crippen LogP contribution is 2.18. The van der Waals surface area contributed by atoms with Crippen molar-refractivity contribution < 1.29 is 9.53 Å². The normalized spacial score (nSPS) is 18.7. The van der Waals surface area contributed by atoms with Gasteiger partial charge in [0.2, 0.25) is 5.91 Å². The van der Waals surface area contributed by atoms with Gasteiger partial charge < -0.3 is 15.4 Å². The first-order valence-electron chi connectivity index (χ1n) is 6.34. The Bertz CT molecular complexity index is 386. The summed E-state index contributed by atoms with van der Waals surface area (Å²) in [4.78, 5) is 14.1. The van der Waals surface area contributed by atoms with Crippen LogP contribution < -0.4 is 5.73 Å². The predicted molar refractivity (Wildman–Crippen MR) is 70.0 cm³/mol. The maximum absolute atomic E-state index is 12.3. The molecule has 0 spiro atoms. The molecule has 18 heavy (non-hydrogen) atoms. The maximum atomic E-state index is 12.3. The van der Waals surface area contributed by atoms with Gasteiger partial charge >= 0.3 is 0 Å². The molecular formula is C14H20N2O2. The number of nitrogens with two attached hydrogens (primary N) is 1. The molecule has 2 N–H and O–H groups in total. The van der Waals surface area contributed by atoms with E-state index in [-0.39, 0.29) is 12.0 Å². The Balaban J connectivity index is 1.96. The third-order valence-corrected chi connectivity index (χ3v) is 3.51. The number of carbonyl (C=O) groups is 1. The van der Waals surface area contributed by atoms with E-state index >= 15 is 0 Å². The molecule has 1 atom stereocenters. The van der Waals surface area contributed by atoms with Crippen LogP contribution >= 0.6 is 0 Å². The van der Waals surface area contributed by atoms with Gasteiger partial charge in [-0.1, -0.05) is 30.3 Å². The average molecular weight is 248 g/mol. The predicted octanol–water partition coefficient (Wildman–Crippen LogP) is 1.32. The Morgan fingerprint density at radius 2 is 1.94 bits per heavy atom. The zero-order valence-electron chi connectivity index (χ0n) is 10.7. The zero-order valence-corrected chi connectivity index (χ0v) is 10.7. The summed E-state index contributed by atoms with van der Waals surface area (Å²) in [5, 5.41) is 0. The number of piperidine rings is 1. The van der Waals surface area contributed by atoms with Crippen molar-refractivity contribution in [3.05, 3.63) is 35.9 Å². The summed E-state index contributed by atoms with van der Waals surface area (Å²) in [7, 11) is 1.72. The molecule has 0 radical (unpaired) electrons. The fraction of sp³-hybridized carbons (Fsp3) is 0.500. The third kappa shape index (κ3) is 2.89. The summed E-state index contributed by atoms with van der Waals surface area (Å²) in [6, 6.07) is 8.96. The number of nitrogens with zero attached hydrogens (tertiary/aromatic N) is 1. The van der Waals surface area contributed by atoms with E-state index in [9.17, 15) is 4.79 Å². The number of hydrogen-bond acceptors (Lipinski definition) is 3. The van der Waals surface area contributed by atoms with Gasteiger partial charge in [-0.3, -0.25) is 4.79 Å². The van der Waals surface area contributed by atoms with E-state index in [0.717, 1.165) is 31.5 Å². The van der Waals surface area contributed by atoms with E-state index < -0.39 is 6.04 Å². The van der Waals surface area contributed by atoms with Crippen molar-refractivity contribution in [3.63, 3.8) is 0 Å². The van der Waals surface area contributed by atoms with Crippen LogP contribution in [0.3, 0.4) is 0 Å². The van der Waals surface area contributed by atoms with Gasteiger partial charge in [0.05, 0.1) is 6.10 Å². The van der Waals surface area contributed by atoms with Crippen LogP contribution in [0.25, 0.3) is 0 Å². The molecule has 1 amide bonds. The Hall–Kier alpha value is -1.39. The van der Waals surface area contributed by atoms with Gasteiger partial charge in [0.25, 0.3) is 0 Å². The lowest BCUT2D eigenvalue weighted by Crippen LogP contribution is -2.44. The van der Waals surface area contributed by atoms with Crippen LogP contribution in [0.4, 0.5) is 0 Å². The fourth-order valence-corrected chi connectivity index (χ4v) is 2.31. The number of ether oxygens (including phenoxy) is 1. The molecule has 1 aromatic rings. The first-order valence-corrected chi connectivity index (χ1v) is 6.34. The van der Waals surface area contributed by atoms with Gasteiger partial charge in [-0.05, 0) is 18.4 Å². The van der Waals surface area contributed by atoms with Crippen LogP contribution in [0.2, 0.25) is 0 Å². The first kappa shape index (κ1) is 13.1. The second-order valence-electron chi connectivity index (χ2n) is 4.65. The first-order chi connectivity index (χ1) is 8.72. The lowest BCUT2D eigenvalue weighted by Gasteiger charge is -2.32. The number of rotatable bonds is 3. The number of hydrogen-bond donors (Lipinski definition) is 1. The van der Waals surface area contributed by atoms with Crippen LogP contribution in [0, 0.1) is 0 Å². The van der Waals surface area contributed by atoms with Crippen LogP contribution in [-0.4, -0.2) is 37.1 Å². The van der Waals surface area contributed by atoms with E-state index in [1.165, 1.54) is 0 Å². The molecule has 1 aliphatic rings. The third-order valence-electron chi connectivity index (χ3n) is 3.51. The topological polar surface area (TPSA) is 55.6 Å². The molecule has 1 heterocycles. The minimum absolute atomic E-state index is 0.00996. The Labute approximate surface area is 108 Å². The molecule has 4 heteroatoms. The SMILES string of the molecule is COC1CCN(C(=O)C(N)c2ccccc2)CC1. The van der Waals surface area contributed by atoms with Gasteiger partial charge in [-0.15, -0.1) is 0 Å². The van der Waals surface area contributed by atoms with Crippen molar-refractivity contribution >= 4 is 5.91 Å². The highest BCUT2D eigenvalue weighted by atomic mass is 16.5. The van der Waals surface area contributed by atoms with Gasteiger partial charge in [0, 0.05) is 20.2 Å². The van der Waals surface area contributed by atoms with Crippen molar-refractivity contribution in [1.29, 1.82) is 0 Å². The minimum Gasteiger partial charge on any atom is -0.381 e. The van der Waals surface area contributed by atoms with Crippen LogP contribution in [0.5, 0.6) is 0 Å². The van der Waals surface area contributed by atoms with Crippen LogP contribution in [0.15, 0.2) is 30.3 Å². The summed E-state index contributed by atoms with van der Waals surface area (Å²) in [5.41, 5.74) is 6.89. The molecule has 1 aliphatic heterocycles. The van der Waals surface area contributed by atoms with E-state index in [0.29, 0.717) is 0 Å². The summed E-state index contributed by atoms with van der Waals surface area (Å²) >= 11 is 0. The molecule has 0 saturated carbocycles. The number of benzene rings is 1. The molecule has 4 nitrogen and oxygen atoms in total. The van der Waals surface area contributed by atoms with Crippen molar-refractivity contribution in [2.45, 2.75) is 25.0 Å². The Morgan fingerprint density at radius 1 is 1.33 bits per heavy atom. The minimum atomic E-state index is -0.551. The maximum Gasteiger partial charge on any atom is 0.244 e. The molecule has 1 saturated heterocycles. The molecule has 0 aliphatic carbocycles. The summed E-state index contributed by atoms with van der Waals surface area (Å²) in [6.45, 7) is 1.47. The smallest absolute Gasteiger partial charge is 0.244 e. The number of amides is 1. The molecule has 1 aromatic carbocycles. The zero-order chi connectivity index (χ0) is 13.0. The molecule has 2 rings (SSSR count). The lowest BCUT2D eigenvalue weighted by molar-refractivity contribution is -0.135. The van der Waals surface area contributed by atoms with E-state index in [1.807, 2.05) is 35.2 Å². The second kappa shape index (κ2) is 5.98. The van der Waals surface area contributed by atoms with Gasteiger partial charge in [-0.25, -0.2) is 0 Å². The average Bonchev–Trinajstić information content (AvgIpc) is 2.47. The van der Waals surface area contributed by atoms with Crippen LogP contribution in [0.1, 0.15) is 24.4 Å². The van der Waals surface area contributed by atoms with Crippen molar-refractivity contribution in [3.8, 4) is 0 Å². The Morgan fingerprint density at radius 3 is 2.50 bits per heavy atom. The standard InChI is InChI=1S/C14H20N2O2/c1-18-12-7-9-16(10-8-12)14(17)13(15)11-5-3-2-4-6-11/h2-6,12-13H,7-10,15H2,1H3. The molecular weight excluding hydrogens is 228 g/mol. The van der Waals surface area contributed by atoms with Crippen molar-refractivity contribution in [2.75, 3.05) is 20.2 Å².